The van der Waals surface area contributed by atoms with Crippen LogP contribution in [0.5, 0.6) is 11.6 Å². The largest absolute Gasteiger partial charge is 0.573 e. The second-order valence-corrected chi connectivity index (χ2v) is 6.94. The monoisotopic (exact) mass is 466 g/mol. The lowest BCUT2D eigenvalue weighted by Crippen LogP contribution is -2.23. The molecule has 9 nitrogen and oxygen atoms in total. The summed E-state index contributed by atoms with van der Waals surface area (Å²) in [6, 6.07) is 7.66. The maximum absolute atomic E-state index is 12.8. The standard InChI is InChI=1S/C21H21F3N4O5/c1-2-3-10-32-19(30)26-17-11-14(8-9-25-17)12-27-13-18(29)28(20(27)31)15-4-6-16(7-5-15)33-21(22,23)24/h4-9,11,13,29H,2-3,10,12H2,1H3,(H,25,26,30). The smallest absolute Gasteiger partial charge is 0.493 e. The maximum Gasteiger partial charge on any atom is 0.573 e. The number of imidazole rings is 1. The van der Waals surface area contributed by atoms with Crippen molar-refractivity contribution in [2.24, 2.45) is 0 Å². The third kappa shape index (κ3) is 6.51. The summed E-state index contributed by atoms with van der Waals surface area (Å²) in [5.74, 6) is -0.634. The van der Waals surface area contributed by atoms with Crippen LogP contribution in [0.4, 0.5) is 23.8 Å². The Labute approximate surface area is 186 Å². The van der Waals surface area contributed by atoms with Crippen LogP contribution < -0.4 is 15.7 Å². The molecule has 1 aromatic carbocycles. The van der Waals surface area contributed by atoms with E-state index < -0.39 is 29.8 Å². The Morgan fingerprint density at radius 1 is 1.21 bits per heavy atom. The summed E-state index contributed by atoms with van der Waals surface area (Å²) >= 11 is 0. The zero-order valence-corrected chi connectivity index (χ0v) is 17.5. The molecular weight excluding hydrogens is 445 g/mol. The number of amides is 1. The fourth-order valence-electron chi connectivity index (χ4n) is 2.92. The minimum atomic E-state index is -4.84. The number of hydrogen-bond acceptors (Lipinski definition) is 6. The number of aromatic nitrogens is 3. The minimum Gasteiger partial charge on any atom is -0.493 e. The molecule has 0 spiro atoms. The van der Waals surface area contributed by atoms with E-state index in [9.17, 15) is 27.9 Å². The normalized spacial score (nSPS) is 11.3. The number of ether oxygens (including phenoxy) is 2. The fourth-order valence-corrected chi connectivity index (χ4v) is 2.92. The molecule has 0 aliphatic carbocycles. The highest BCUT2D eigenvalue weighted by atomic mass is 19.4. The van der Waals surface area contributed by atoms with Crippen molar-refractivity contribution >= 4 is 11.9 Å². The third-order valence-electron chi connectivity index (χ3n) is 4.40. The zero-order chi connectivity index (χ0) is 24.0. The predicted molar refractivity (Wildman–Crippen MR) is 112 cm³/mol. The highest BCUT2D eigenvalue weighted by Gasteiger charge is 2.31. The summed E-state index contributed by atoms with van der Waals surface area (Å²) in [7, 11) is 0. The van der Waals surface area contributed by atoms with Gasteiger partial charge in [-0.25, -0.2) is 19.1 Å². The van der Waals surface area contributed by atoms with Gasteiger partial charge >= 0.3 is 18.1 Å². The number of carbonyl (C=O) groups is 1. The van der Waals surface area contributed by atoms with Crippen molar-refractivity contribution in [3.63, 3.8) is 0 Å². The van der Waals surface area contributed by atoms with E-state index in [1.807, 2.05) is 6.92 Å². The molecule has 0 bridgehead atoms. The SMILES string of the molecule is CCCCOC(=O)Nc1cc(Cn2cc(O)n(-c3ccc(OC(F)(F)F)cc3)c2=O)ccn1. The molecule has 0 aliphatic rings. The number of rotatable bonds is 8. The summed E-state index contributed by atoms with van der Waals surface area (Å²) in [4.78, 5) is 28.6. The van der Waals surface area contributed by atoms with Gasteiger partial charge in [0.25, 0.3) is 0 Å². The summed E-state index contributed by atoms with van der Waals surface area (Å²) in [6.07, 6.45) is -1.23. The van der Waals surface area contributed by atoms with E-state index in [0.717, 1.165) is 29.5 Å². The number of pyridine rings is 1. The van der Waals surface area contributed by atoms with Gasteiger partial charge in [0.1, 0.15) is 11.6 Å². The number of hydrogen-bond donors (Lipinski definition) is 2. The van der Waals surface area contributed by atoms with Crippen molar-refractivity contribution in [2.75, 3.05) is 11.9 Å². The second-order valence-electron chi connectivity index (χ2n) is 6.94. The molecule has 176 valence electrons. The van der Waals surface area contributed by atoms with Gasteiger partial charge < -0.3 is 14.6 Å². The average molecular weight is 466 g/mol. The van der Waals surface area contributed by atoms with Crippen LogP contribution in [0.25, 0.3) is 5.69 Å². The zero-order valence-electron chi connectivity index (χ0n) is 17.5. The van der Waals surface area contributed by atoms with E-state index in [4.69, 9.17) is 4.74 Å². The Morgan fingerprint density at radius 3 is 2.61 bits per heavy atom. The highest BCUT2D eigenvalue weighted by Crippen LogP contribution is 2.24. The third-order valence-corrected chi connectivity index (χ3v) is 4.40. The molecule has 2 heterocycles. The van der Waals surface area contributed by atoms with E-state index in [1.165, 1.54) is 29.1 Å². The number of anilines is 1. The lowest BCUT2D eigenvalue weighted by molar-refractivity contribution is -0.274. The Hall–Kier alpha value is -3.96. The van der Waals surface area contributed by atoms with Crippen molar-refractivity contribution in [1.82, 2.24) is 14.1 Å². The molecule has 12 heteroatoms. The minimum absolute atomic E-state index is 0.0384. The van der Waals surface area contributed by atoms with Crippen LogP contribution in [-0.4, -0.2) is 38.3 Å². The molecule has 2 aromatic heterocycles. The molecule has 0 atom stereocenters. The van der Waals surface area contributed by atoms with Crippen molar-refractivity contribution < 1.29 is 32.5 Å². The predicted octanol–water partition coefficient (Wildman–Crippen LogP) is 4.04. The van der Waals surface area contributed by atoms with Gasteiger partial charge in [0.05, 0.1) is 25.0 Å². The first-order valence-corrected chi connectivity index (χ1v) is 9.92. The summed E-state index contributed by atoms with van der Waals surface area (Å²) in [5.41, 5.74) is 0.127. The molecule has 33 heavy (non-hydrogen) atoms. The molecule has 1 amide bonds. The van der Waals surface area contributed by atoms with Gasteiger partial charge in [0.2, 0.25) is 5.88 Å². The molecule has 2 N–H and O–H groups in total. The van der Waals surface area contributed by atoms with Crippen LogP contribution in [0, 0.1) is 0 Å². The number of benzene rings is 1. The molecule has 0 unspecified atom stereocenters. The van der Waals surface area contributed by atoms with Gasteiger partial charge in [-0.3, -0.25) is 9.88 Å². The maximum atomic E-state index is 12.8. The summed E-state index contributed by atoms with van der Waals surface area (Å²) in [6.45, 7) is 2.29. The van der Waals surface area contributed by atoms with E-state index in [2.05, 4.69) is 15.0 Å². The molecule has 0 saturated heterocycles. The average Bonchev–Trinajstić information content (AvgIpc) is 3.01. The van der Waals surface area contributed by atoms with Gasteiger partial charge in [-0.1, -0.05) is 13.3 Å². The van der Waals surface area contributed by atoms with Crippen LogP contribution in [0.1, 0.15) is 25.3 Å². The first-order chi connectivity index (χ1) is 15.7. The van der Waals surface area contributed by atoms with Crippen LogP contribution in [0.3, 0.4) is 0 Å². The van der Waals surface area contributed by atoms with Gasteiger partial charge in [0, 0.05) is 6.20 Å². The van der Waals surface area contributed by atoms with E-state index in [-0.39, 0.29) is 24.7 Å². The van der Waals surface area contributed by atoms with Gasteiger partial charge in [-0.15, -0.1) is 13.2 Å². The Morgan fingerprint density at radius 2 is 1.94 bits per heavy atom. The van der Waals surface area contributed by atoms with E-state index in [1.54, 1.807) is 12.1 Å². The first-order valence-electron chi connectivity index (χ1n) is 9.92. The first kappa shape index (κ1) is 23.7. The summed E-state index contributed by atoms with van der Waals surface area (Å²) < 4.78 is 47.9. The number of nitrogens with zero attached hydrogens (tertiary/aromatic N) is 3. The number of nitrogens with one attached hydrogen (secondary N) is 1. The van der Waals surface area contributed by atoms with Gasteiger partial charge in [-0.2, -0.15) is 0 Å². The topological polar surface area (TPSA) is 108 Å². The molecule has 0 saturated carbocycles. The molecule has 0 fully saturated rings. The molecule has 0 aliphatic heterocycles. The molecule has 3 rings (SSSR count). The fraction of sp³-hybridized carbons (Fsp3) is 0.286. The van der Waals surface area contributed by atoms with Crippen molar-refractivity contribution in [3.8, 4) is 17.3 Å². The Kier molecular flexibility index (Phi) is 7.26. The lowest BCUT2D eigenvalue weighted by Gasteiger charge is -2.09. The van der Waals surface area contributed by atoms with Crippen LogP contribution >= 0.6 is 0 Å². The second kappa shape index (κ2) is 10.1. The van der Waals surface area contributed by atoms with Crippen molar-refractivity contribution in [2.45, 2.75) is 32.7 Å². The summed E-state index contributed by atoms with van der Waals surface area (Å²) in [5, 5.41) is 12.7. The Bertz CT molecular complexity index is 1160. The highest BCUT2D eigenvalue weighted by molar-refractivity contribution is 5.83. The quantitative estimate of drug-likeness (QED) is 0.486. The molecule has 3 aromatic rings. The number of halogens is 3. The van der Waals surface area contributed by atoms with Crippen LogP contribution in [-0.2, 0) is 11.3 Å². The number of unbranched alkanes of at least 4 members (excludes halogenated alkanes) is 1. The van der Waals surface area contributed by atoms with E-state index in [0.29, 0.717) is 5.56 Å². The van der Waals surface area contributed by atoms with Gasteiger partial charge in [0.15, 0.2) is 0 Å². The van der Waals surface area contributed by atoms with Crippen molar-refractivity contribution in [3.05, 3.63) is 64.8 Å². The van der Waals surface area contributed by atoms with Crippen molar-refractivity contribution in [1.29, 1.82) is 0 Å². The van der Waals surface area contributed by atoms with Crippen LogP contribution in [0.15, 0.2) is 53.6 Å². The van der Waals surface area contributed by atoms with Crippen LogP contribution in [0.2, 0.25) is 0 Å². The molecular formula is C21H21F3N4O5. The lowest BCUT2D eigenvalue weighted by atomic mass is 10.2. The van der Waals surface area contributed by atoms with E-state index >= 15 is 0 Å². The Balaban J connectivity index is 1.74. The number of carbonyl (C=O) groups excluding carboxylic acids is 1. The number of alkyl halides is 3. The molecule has 0 radical (unpaired) electrons. The van der Waals surface area contributed by atoms with Gasteiger partial charge in [-0.05, 0) is 48.4 Å². The number of aromatic hydroxyl groups is 1.